The quantitative estimate of drug-likeness (QED) is 0.0599. The maximum absolute atomic E-state index is 12.8. The number of cyclic esters (lactones) is 1. The van der Waals surface area contributed by atoms with Gasteiger partial charge in [0.1, 0.15) is 18.3 Å². The van der Waals surface area contributed by atoms with Gasteiger partial charge in [-0.1, -0.05) is 52.3 Å². The summed E-state index contributed by atoms with van der Waals surface area (Å²) in [7, 11) is 0. The molecule has 0 saturated carbocycles. The Balaban J connectivity index is 1.38. The zero-order chi connectivity index (χ0) is 35.1. The molecule has 9 unspecified atom stereocenters. The maximum Gasteiger partial charge on any atom is 0.508 e. The van der Waals surface area contributed by atoms with E-state index in [0.29, 0.717) is 43.3 Å². The lowest BCUT2D eigenvalue weighted by Gasteiger charge is -2.43. The van der Waals surface area contributed by atoms with Crippen LogP contribution in [0.4, 0.5) is 4.79 Å². The fourth-order valence-corrected chi connectivity index (χ4v) is 7.70. The zero-order valence-electron chi connectivity index (χ0n) is 29.3. The Morgan fingerprint density at radius 3 is 2.48 bits per heavy atom. The van der Waals surface area contributed by atoms with E-state index < -0.39 is 18.2 Å². The summed E-state index contributed by atoms with van der Waals surface area (Å²) in [5, 5.41) is 0.321. The third-order valence-corrected chi connectivity index (χ3v) is 10.6. The monoisotopic (exact) mass is 710 g/mol. The van der Waals surface area contributed by atoms with E-state index in [9.17, 15) is 19.2 Å². The lowest BCUT2D eigenvalue weighted by atomic mass is 9.65. The molecule has 9 atom stereocenters. The summed E-state index contributed by atoms with van der Waals surface area (Å²) in [4.78, 5) is 49.6. The van der Waals surface area contributed by atoms with Crippen molar-refractivity contribution in [3.63, 3.8) is 0 Å². The van der Waals surface area contributed by atoms with Gasteiger partial charge in [0.05, 0.1) is 25.6 Å². The number of hydrogen-bond acceptors (Lipinski definition) is 11. The van der Waals surface area contributed by atoms with Gasteiger partial charge in [-0.2, -0.15) is 25.3 Å². The van der Waals surface area contributed by atoms with Crippen molar-refractivity contribution >= 4 is 49.3 Å². The molecule has 272 valence electrons. The Labute approximate surface area is 298 Å². The topological polar surface area (TPSA) is 114 Å². The van der Waals surface area contributed by atoms with Crippen molar-refractivity contribution in [2.45, 2.75) is 135 Å². The third kappa shape index (κ3) is 13.6. The molecule has 1 aliphatic heterocycles. The first-order valence-corrected chi connectivity index (χ1v) is 19.2. The van der Waals surface area contributed by atoms with Gasteiger partial charge in [-0.3, -0.25) is 14.4 Å². The first kappa shape index (κ1) is 40.3. The van der Waals surface area contributed by atoms with Crippen LogP contribution >= 0.6 is 25.3 Å². The molecule has 9 nitrogen and oxygen atoms in total. The van der Waals surface area contributed by atoms with Crippen LogP contribution < -0.4 is 0 Å². The normalized spacial score (nSPS) is 27.9. The van der Waals surface area contributed by atoms with Crippen LogP contribution in [0.2, 0.25) is 0 Å². The molecule has 2 aliphatic carbocycles. The molecule has 0 spiro atoms. The Morgan fingerprint density at radius 1 is 1.00 bits per heavy atom. The first-order chi connectivity index (χ1) is 23.0. The number of allylic oxidation sites excluding steroid dienone is 3. The van der Waals surface area contributed by atoms with E-state index >= 15 is 0 Å². The fraction of sp³-hybridized carbons (Fsp3) is 0.784. The molecule has 11 heteroatoms. The van der Waals surface area contributed by atoms with Crippen LogP contribution in [0.1, 0.15) is 111 Å². The lowest BCUT2D eigenvalue weighted by Crippen LogP contribution is -2.42. The summed E-state index contributed by atoms with van der Waals surface area (Å²) in [6.07, 6.45) is 13.2. The molecule has 0 N–H and O–H groups in total. The number of hydrogen-bond donors (Lipinski definition) is 2. The fourth-order valence-electron chi connectivity index (χ4n) is 6.87. The van der Waals surface area contributed by atoms with Crippen molar-refractivity contribution in [1.82, 2.24) is 0 Å². The molecule has 1 heterocycles. The predicted molar refractivity (Wildman–Crippen MR) is 191 cm³/mol. The van der Waals surface area contributed by atoms with Crippen molar-refractivity contribution in [2.75, 3.05) is 19.0 Å². The van der Waals surface area contributed by atoms with Crippen LogP contribution in [-0.4, -0.2) is 66.6 Å². The smallest absolute Gasteiger partial charge is 0.466 e. The Bertz CT molecular complexity index is 1110. The molecule has 3 aliphatic rings. The van der Waals surface area contributed by atoms with E-state index in [1.54, 1.807) is 0 Å². The third-order valence-electron chi connectivity index (χ3n) is 9.83. The summed E-state index contributed by atoms with van der Waals surface area (Å²) in [6, 6.07) is 0. The van der Waals surface area contributed by atoms with Crippen LogP contribution in [0.15, 0.2) is 23.8 Å². The van der Waals surface area contributed by atoms with Gasteiger partial charge in [0.25, 0.3) is 0 Å². The van der Waals surface area contributed by atoms with Gasteiger partial charge in [-0.15, -0.1) is 0 Å². The van der Waals surface area contributed by atoms with E-state index in [4.69, 9.17) is 23.7 Å². The number of rotatable bonds is 19. The van der Waals surface area contributed by atoms with E-state index in [1.807, 2.05) is 13.8 Å². The standard InChI is InChI=1S/C37H58O9S2/c1-5-25(3)36(40)46-32-21-24(2)20-27-13-12-26(4)31(35(27)32)15-14-28-22-29(23-34(39)44-28)45-37(41)43-18-9-8-17-42-33(38)11-7-6-10-30(48)16-19-47/h12-13,20,24-26,28-32,35,47-48H,5-11,14-19,21-23H2,1-4H3. The average Bonchev–Trinajstić information content (AvgIpc) is 3.03. The minimum Gasteiger partial charge on any atom is -0.466 e. The minimum absolute atomic E-state index is 0.00496. The van der Waals surface area contributed by atoms with E-state index in [2.05, 4.69) is 57.3 Å². The average molecular weight is 711 g/mol. The second-order valence-corrected chi connectivity index (χ2v) is 15.1. The molecule has 48 heavy (non-hydrogen) atoms. The highest BCUT2D eigenvalue weighted by atomic mass is 32.1. The number of fused-ring (bicyclic) bond motifs is 1. The highest BCUT2D eigenvalue weighted by molar-refractivity contribution is 7.81. The second-order valence-electron chi connectivity index (χ2n) is 13.9. The van der Waals surface area contributed by atoms with Crippen molar-refractivity contribution in [3.05, 3.63) is 23.8 Å². The highest BCUT2D eigenvalue weighted by Gasteiger charge is 2.42. The van der Waals surface area contributed by atoms with Crippen LogP contribution in [0, 0.1) is 29.6 Å². The molecule has 0 bridgehead atoms. The predicted octanol–water partition coefficient (Wildman–Crippen LogP) is 7.86. The number of thiol groups is 2. The summed E-state index contributed by atoms with van der Waals surface area (Å²) in [5.74, 6) is 0.833. The van der Waals surface area contributed by atoms with Crippen LogP contribution in [0.25, 0.3) is 0 Å². The lowest BCUT2D eigenvalue weighted by molar-refractivity contribution is -0.163. The summed E-state index contributed by atoms with van der Waals surface area (Å²) < 4.78 is 27.8. The molecular formula is C37H58O9S2. The largest absolute Gasteiger partial charge is 0.508 e. The van der Waals surface area contributed by atoms with Crippen molar-refractivity contribution < 1.29 is 42.9 Å². The molecule has 3 rings (SSSR count). The summed E-state index contributed by atoms with van der Waals surface area (Å²) in [5.41, 5.74) is 1.22. The van der Waals surface area contributed by atoms with Gasteiger partial charge in [0.2, 0.25) is 0 Å². The van der Waals surface area contributed by atoms with Crippen molar-refractivity contribution in [3.8, 4) is 0 Å². The Kier molecular flexibility index (Phi) is 17.8. The number of carbonyl (C=O) groups is 4. The molecule has 0 amide bonds. The molecule has 0 aromatic carbocycles. The van der Waals surface area contributed by atoms with E-state index in [0.717, 1.165) is 50.7 Å². The summed E-state index contributed by atoms with van der Waals surface area (Å²) in [6.45, 7) is 8.66. The van der Waals surface area contributed by atoms with E-state index in [-0.39, 0.29) is 67.5 Å². The number of unbranched alkanes of at least 4 members (excludes halogenated alkanes) is 2. The molecule has 0 radical (unpaired) electrons. The molecule has 1 saturated heterocycles. The zero-order valence-corrected chi connectivity index (χ0v) is 31.1. The second kappa shape index (κ2) is 21.2. The molecule has 0 aromatic rings. The molecular weight excluding hydrogens is 653 g/mol. The maximum atomic E-state index is 12.8. The number of esters is 3. The molecule has 1 fully saturated rings. The minimum atomic E-state index is -0.811. The van der Waals surface area contributed by atoms with Gasteiger partial charge >= 0.3 is 24.1 Å². The Hall–Kier alpha value is -2.14. The van der Waals surface area contributed by atoms with E-state index in [1.165, 1.54) is 5.57 Å². The van der Waals surface area contributed by atoms with Crippen molar-refractivity contribution in [2.24, 2.45) is 29.6 Å². The first-order valence-electron chi connectivity index (χ1n) is 18.1. The number of carbonyl (C=O) groups excluding carboxylic acids is 4. The SMILES string of the molecule is CCC(C)C(=O)OC1CC(C)C=C2C=CC(C)C(CCC3CC(OC(=O)OCCCCOC(=O)CCCCC(S)CCS)CC(=O)O3)C21. The van der Waals surface area contributed by atoms with Gasteiger partial charge in [-0.05, 0) is 86.9 Å². The van der Waals surface area contributed by atoms with Gasteiger partial charge < -0.3 is 23.7 Å². The van der Waals surface area contributed by atoms with Gasteiger partial charge in [0, 0.05) is 24.0 Å². The highest BCUT2D eigenvalue weighted by Crippen LogP contribution is 2.45. The Morgan fingerprint density at radius 2 is 1.75 bits per heavy atom. The molecule has 0 aromatic heterocycles. The van der Waals surface area contributed by atoms with Crippen molar-refractivity contribution in [1.29, 1.82) is 0 Å². The van der Waals surface area contributed by atoms with Crippen LogP contribution in [-0.2, 0) is 38.1 Å². The van der Waals surface area contributed by atoms with Crippen LogP contribution in [0.3, 0.4) is 0 Å². The summed E-state index contributed by atoms with van der Waals surface area (Å²) >= 11 is 8.71. The van der Waals surface area contributed by atoms with Crippen LogP contribution in [0.5, 0.6) is 0 Å². The van der Waals surface area contributed by atoms with Gasteiger partial charge in [-0.25, -0.2) is 4.79 Å². The van der Waals surface area contributed by atoms with Gasteiger partial charge in [0.15, 0.2) is 0 Å². The number of ether oxygens (including phenoxy) is 5.